The largest absolute Gasteiger partial charge is 0.478 e. The summed E-state index contributed by atoms with van der Waals surface area (Å²) in [4.78, 5) is 21.4. The van der Waals surface area contributed by atoms with E-state index in [1.54, 1.807) is 6.92 Å². The quantitative estimate of drug-likeness (QED) is 0.608. The first-order valence-corrected chi connectivity index (χ1v) is 3.72. The van der Waals surface area contributed by atoms with Crippen LogP contribution < -0.4 is 10.9 Å². The molecule has 0 aliphatic heterocycles. The average Bonchev–Trinajstić information content (AvgIpc) is 2.08. The first-order valence-electron chi connectivity index (χ1n) is 3.72. The first kappa shape index (κ1) is 9.24. The number of hydrogen-bond donors (Lipinski definition) is 3. The molecule has 3 N–H and O–H groups in total. The molecule has 13 heavy (non-hydrogen) atoms. The normalized spacial score (nSPS) is 9.62. The van der Waals surface area contributed by atoms with E-state index in [0.717, 1.165) is 6.07 Å². The Balaban J connectivity index is 3.18. The SMILES string of the molecule is CCNc1n[nH]c(=O)cc1C(=O)O. The van der Waals surface area contributed by atoms with Crippen LogP contribution in [0.5, 0.6) is 0 Å². The van der Waals surface area contributed by atoms with E-state index >= 15 is 0 Å². The minimum absolute atomic E-state index is 0.120. The van der Waals surface area contributed by atoms with E-state index in [2.05, 4.69) is 15.5 Å². The molecule has 70 valence electrons. The van der Waals surface area contributed by atoms with Gasteiger partial charge in [-0.2, -0.15) is 5.10 Å². The summed E-state index contributed by atoms with van der Waals surface area (Å²) in [7, 11) is 0. The van der Waals surface area contributed by atoms with E-state index in [-0.39, 0.29) is 11.4 Å². The maximum atomic E-state index is 10.7. The number of rotatable bonds is 3. The van der Waals surface area contributed by atoms with Crippen LogP contribution in [0.2, 0.25) is 0 Å². The van der Waals surface area contributed by atoms with E-state index in [1.807, 2.05) is 0 Å². The maximum absolute atomic E-state index is 10.7. The van der Waals surface area contributed by atoms with Crippen LogP contribution in [0.15, 0.2) is 10.9 Å². The van der Waals surface area contributed by atoms with Crippen molar-refractivity contribution in [3.63, 3.8) is 0 Å². The third-order valence-electron chi connectivity index (χ3n) is 1.38. The highest BCUT2D eigenvalue weighted by Gasteiger charge is 2.11. The predicted molar refractivity (Wildman–Crippen MR) is 46.0 cm³/mol. The number of H-pyrrole nitrogens is 1. The van der Waals surface area contributed by atoms with Crippen molar-refractivity contribution < 1.29 is 9.90 Å². The molecule has 1 heterocycles. The number of hydrogen-bond acceptors (Lipinski definition) is 4. The molecule has 0 saturated carbocycles. The van der Waals surface area contributed by atoms with Gasteiger partial charge in [0.25, 0.3) is 5.56 Å². The second-order valence-corrected chi connectivity index (χ2v) is 2.33. The van der Waals surface area contributed by atoms with Crippen LogP contribution in [0.25, 0.3) is 0 Å². The molecule has 0 unspecified atom stereocenters. The average molecular weight is 183 g/mol. The number of aromatic nitrogens is 2. The number of nitrogens with zero attached hydrogens (tertiary/aromatic N) is 1. The second kappa shape index (κ2) is 3.70. The predicted octanol–water partition coefficient (Wildman–Crippen LogP) is -0.100. The number of carboxylic acids is 1. The van der Waals surface area contributed by atoms with Crippen LogP contribution >= 0.6 is 0 Å². The lowest BCUT2D eigenvalue weighted by Crippen LogP contribution is -2.16. The van der Waals surface area contributed by atoms with Crippen molar-refractivity contribution in [1.29, 1.82) is 0 Å². The van der Waals surface area contributed by atoms with Crippen LogP contribution in [-0.2, 0) is 0 Å². The Morgan fingerprint density at radius 3 is 3.00 bits per heavy atom. The first-order chi connectivity index (χ1) is 6.15. The summed E-state index contributed by atoms with van der Waals surface area (Å²) in [6.45, 7) is 2.34. The van der Waals surface area contributed by atoms with Gasteiger partial charge < -0.3 is 10.4 Å². The van der Waals surface area contributed by atoms with Gasteiger partial charge >= 0.3 is 5.97 Å². The molecule has 6 heteroatoms. The minimum Gasteiger partial charge on any atom is -0.478 e. The summed E-state index contributed by atoms with van der Waals surface area (Å²) in [5, 5.41) is 17.1. The third kappa shape index (κ3) is 2.05. The Bertz CT molecular complexity index is 371. The zero-order valence-electron chi connectivity index (χ0n) is 7.00. The van der Waals surface area contributed by atoms with Crippen LogP contribution in [0.4, 0.5) is 5.82 Å². The molecule has 1 rings (SSSR count). The fourth-order valence-corrected chi connectivity index (χ4v) is 0.868. The fraction of sp³-hybridized carbons (Fsp3) is 0.286. The van der Waals surface area contributed by atoms with E-state index in [1.165, 1.54) is 0 Å². The molecule has 0 fully saturated rings. The van der Waals surface area contributed by atoms with Crippen molar-refractivity contribution in [2.24, 2.45) is 0 Å². The Morgan fingerprint density at radius 2 is 2.46 bits per heavy atom. The number of nitrogens with one attached hydrogen (secondary N) is 2. The summed E-state index contributed by atoms with van der Waals surface area (Å²) in [5.41, 5.74) is -0.648. The Kier molecular flexibility index (Phi) is 2.63. The number of carbonyl (C=O) groups is 1. The Morgan fingerprint density at radius 1 is 1.77 bits per heavy atom. The highest BCUT2D eigenvalue weighted by molar-refractivity contribution is 5.92. The van der Waals surface area contributed by atoms with Gasteiger partial charge in [-0.05, 0) is 6.92 Å². The molecule has 6 nitrogen and oxygen atoms in total. The van der Waals surface area contributed by atoms with Gasteiger partial charge in [0.2, 0.25) is 0 Å². The summed E-state index contributed by atoms with van der Waals surface area (Å²) >= 11 is 0. The van der Waals surface area contributed by atoms with Gasteiger partial charge in [-0.25, -0.2) is 9.89 Å². The van der Waals surface area contributed by atoms with Crippen molar-refractivity contribution in [1.82, 2.24) is 10.2 Å². The molecule has 0 aliphatic rings. The molecule has 0 bridgehead atoms. The maximum Gasteiger partial charge on any atom is 0.339 e. The van der Waals surface area contributed by atoms with Crippen LogP contribution in [-0.4, -0.2) is 27.8 Å². The van der Waals surface area contributed by atoms with E-state index in [0.29, 0.717) is 6.54 Å². The lowest BCUT2D eigenvalue weighted by atomic mass is 10.3. The van der Waals surface area contributed by atoms with Crippen molar-refractivity contribution in [3.8, 4) is 0 Å². The molecular formula is C7H9N3O3. The van der Waals surface area contributed by atoms with E-state index in [9.17, 15) is 9.59 Å². The smallest absolute Gasteiger partial charge is 0.339 e. The third-order valence-corrected chi connectivity index (χ3v) is 1.38. The van der Waals surface area contributed by atoms with Crippen LogP contribution in [0, 0.1) is 0 Å². The van der Waals surface area contributed by atoms with Gasteiger partial charge in [0, 0.05) is 12.6 Å². The van der Waals surface area contributed by atoms with E-state index < -0.39 is 11.5 Å². The van der Waals surface area contributed by atoms with E-state index in [4.69, 9.17) is 5.11 Å². The molecular weight excluding hydrogens is 174 g/mol. The lowest BCUT2D eigenvalue weighted by Gasteiger charge is -2.03. The zero-order valence-corrected chi connectivity index (χ0v) is 7.00. The number of aromatic carboxylic acids is 1. The molecule has 1 aromatic rings. The van der Waals surface area contributed by atoms with Crippen LogP contribution in [0.3, 0.4) is 0 Å². The lowest BCUT2D eigenvalue weighted by molar-refractivity contribution is 0.0697. The van der Waals surface area contributed by atoms with Gasteiger partial charge in [-0.1, -0.05) is 0 Å². The van der Waals surface area contributed by atoms with Crippen molar-refractivity contribution in [2.45, 2.75) is 6.92 Å². The molecule has 0 spiro atoms. The van der Waals surface area contributed by atoms with Gasteiger partial charge in [0.15, 0.2) is 5.82 Å². The highest BCUT2D eigenvalue weighted by atomic mass is 16.4. The Labute approximate surface area is 73.6 Å². The second-order valence-electron chi connectivity index (χ2n) is 2.33. The topological polar surface area (TPSA) is 95.1 Å². The Hall–Kier alpha value is -1.85. The fourth-order valence-electron chi connectivity index (χ4n) is 0.868. The number of aromatic amines is 1. The summed E-state index contributed by atoms with van der Waals surface area (Å²) in [6, 6.07) is 0.993. The molecule has 1 aromatic heterocycles. The number of carboxylic acid groups (broad SMARTS) is 1. The van der Waals surface area contributed by atoms with Crippen molar-refractivity contribution >= 4 is 11.8 Å². The molecule has 0 atom stereocenters. The summed E-state index contributed by atoms with van der Waals surface area (Å²) in [5.74, 6) is -0.996. The monoisotopic (exact) mass is 183 g/mol. The van der Waals surface area contributed by atoms with Crippen molar-refractivity contribution in [3.05, 3.63) is 22.0 Å². The number of anilines is 1. The van der Waals surface area contributed by atoms with Gasteiger partial charge in [0.05, 0.1) is 0 Å². The molecule has 0 saturated heterocycles. The molecule has 0 aromatic carbocycles. The standard InChI is InChI=1S/C7H9N3O3/c1-2-8-6-4(7(12)13)3-5(11)9-10-6/h3H,2H2,1H3,(H,8,10)(H,9,11)(H,12,13). The summed E-state index contributed by atoms with van der Waals surface area (Å²) < 4.78 is 0. The minimum atomic E-state index is -1.17. The highest BCUT2D eigenvalue weighted by Crippen LogP contribution is 2.06. The van der Waals surface area contributed by atoms with Gasteiger partial charge in [0.1, 0.15) is 5.56 Å². The molecule has 0 aliphatic carbocycles. The summed E-state index contributed by atoms with van der Waals surface area (Å²) in [6.07, 6.45) is 0. The van der Waals surface area contributed by atoms with Gasteiger partial charge in [-0.15, -0.1) is 0 Å². The van der Waals surface area contributed by atoms with Crippen molar-refractivity contribution in [2.75, 3.05) is 11.9 Å². The molecule has 0 radical (unpaired) electrons. The van der Waals surface area contributed by atoms with Gasteiger partial charge in [-0.3, -0.25) is 4.79 Å². The molecule has 0 amide bonds. The van der Waals surface area contributed by atoms with Crippen LogP contribution in [0.1, 0.15) is 17.3 Å². The zero-order chi connectivity index (χ0) is 9.84.